The first kappa shape index (κ1) is 15.1. The Labute approximate surface area is 127 Å². The number of carbonyl (C=O) groups excluding carboxylic acids is 1. The van der Waals surface area contributed by atoms with Crippen LogP contribution in [0.25, 0.3) is 0 Å². The second-order valence-electron chi connectivity index (χ2n) is 4.75. The Balaban J connectivity index is 2.28. The summed E-state index contributed by atoms with van der Waals surface area (Å²) in [7, 11) is 3.68. The number of benzene rings is 2. The van der Waals surface area contributed by atoms with E-state index in [0.29, 0.717) is 22.0 Å². The van der Waals surface area contributed by atoms with Crippen molar-refractivity contribution in [1.29, 1.82) is 0 Å². The highest BCUT2D eigenvalue weighted by Gasteiger charge is 2.12. The van der Waals surface area contributed by atoms with Gasteiger partial charge in [-0.2, -0.15) is 0 Å². The van der Waals surface area contributed by atoms with Crippen molar-refractivity contribution in [3.8, 4) is 0 Å². The van der Waals surface area contributed by atoms with Gasteiger partial charge in [-0.3, -0.25) is 4.79 Å². The van der Waals surface area contributed by atoms with Gasteiger partial charge in [-0.15, -0.1) is 0 Å². The summed E-state index contributed by atoms with van der Waals surface area (Å²) in [5, 5.41) is 3.03. The molecule has 110 valence electrons. The van der Waals surface area contributed by atoms with Crippen molar-refractivity contribution in [2.75, 3.05) is 30.0 Å². The lowest BCUT2D eigenvalue weighted by Gasteiger charge is -2.18. The summed E-state index contributed by atoms with van der Waals surface area (Å²) in [6, 6.07) is 8.54. The van der Waals surface area contributed by atoms with Gasteiger partial charge in [0, 0.05) is 19.7 Å². The summed E-state index contributed by atoms with van der Waals surface area (Å²) in [4.78, 5) is 13.9. The zero-order chi connectivity index (χ0) is 15.6. The van der Waals surface area contributed by atoms with E-state index in [2.05, 4.69) is 5.32 Å². The molecule has 6 heteroatoms. The molecule has 0 saturated carbocycles. The summed E-state index contributed by atoms with van der Waals surface area (Å²) in [5.74, 6) is -0.765. The Hall–Kier alpha value is -2.27. The SMILES string of the molecule is CN(C)c1cc(NC(=O)c2ccc(F)cc2)c(Cl)cc1N. The second kappa shape index (κ2) is 6.01. The largest absolute Gasteiger partial charge is 0.397 e. The first-order valence-corrected chi connectivity index (χ1v) is 6.59. The van der Waals surface area contributed by atoms with E-state index in [1.165, 1.54) is 24.3 Å². The lowest BCUT2D eigenvalue weighted by Crippen LogP contribution is -2.15. The van der Waals surface area contributed by atoms with Crippen LogP contribution < -0.4 is 16.0 Å². The molecule has 2 rings (SSSR count). The Kier molecular flexibility index (Phi) is 4.33. The minimum atomic E-state index is -0.396. The van der Waals surface area contributed by atoms with Gasteiger partial charge in [-0.05, 0) is 36.4 Å². The van der Waals surface area contributed by atoms with Gasteiger partial charge in [0.1, 0.15) is 5.82 Å². The zero-order valence-corrected chi connectivity index (χ0v) is 12.4. The van der Waals surface area contributed by atoms with Gasteiger partial charge in [0.05, 0.1) is 22.1 Å². The molecule has 0 spiro atoms. The van der Waals surface area contributed by atoms with Crippen LogP contribution in [0.15, 0.2) is 36.4 Å². The fourth-order valence-corrected chi connectivity index (χ4v) is 2.08. The molecular formula is C15H15ClFN3O. The minimum absolute atomic E-state index is 0.341. The third-order valence-electron chi connectivity index (χ3n) is 2.95. The van der Waals surface area contributed by atoms with Crippen LogP contribution in [0.1, 0.15) is 10.4 Å². The predicted octanol–water partition coefficient (Wildman–Crippen LogP) is 3.38. The smallest absolute Gasteiger partial charge is 0.255 e. The van der Waals surface area contributed by atoms with E-state index in [0.717, 1.165) is 5.69 Å². The molecule has 0 saturated heterocycles. The fraction of sp³-hybridized carbons (Fsp3) is 0.133. The molecule has 0 aliphatic heterocycles. The van der Waals surface area contributed by atoms with Crippen LogP contribution in [-0.4, -0.2) is 20.0 Å². The first-order chi connectivity index (χ1) is 9.88. The fourth-order valence-electron chi connectivity index (χ4n) is 1.86. The molecule has 0 aliphatic carbocycles. The number of rotatable bonds is 3. The Morgan fingerprint density at radius 3 is 2.43 bits per heavy atom. The number of halogens is 2. The van der Waals surface area contributed by atoms with Crippen LogP contribution in [-0.2, 0) is 0 Å². The maximum absolute atomic E-state index is 12.9. The number of hydrogen-bond acceptors (Lipinski definition) is 3. The van der Waals surface area contributed by atoms with E-state index in [1.54, 1.807) is 12.1 Å². The summed E-state index contributed by atoms with van der Waals surface area (Å²) >= 11 is 6.09. The average Bonchev–Trinajstić information content (AvgIpc) is 2.42. The average molecular weight is 308 g/mol. The third kappa shape index (κ3) is 3.44. The monoisotopic (exact) mass is 307 g/mol. The van der Waals surface area contributed by atoms with E-state index in [4.69, 9.17) is 17.3 Å². The van der Waals surface area contributed by atoms with Crippen molar-refractivity contribution >= 4 is 34.6 Å². The van der Waals surface area contributed by atoms with E-state index >= 15 is 0 Å². The Morgan fingerprint density at radius 2 is 1.86 bits per heavy atom. The standard InChI is InChI=1S/C15H15ClFN3O/c1-20(2)14-8-13(11(16)7-12(14)18)19-15(21)9-3-5-10(17)6-4-9/h3-8H,18H2,1-2H3,(H,19,21). The van der Waals surface area contributed by atoms with Crippen molar-refractivity contribution in [3.05, 3.63) is 52.8 Å². The minimum Gasteiger partial charge on any atom is -0.397 e. The van der Waals surface area contributed by atoms with Crippen LogP contribution in [0.2, 0.25) is 5.02 Å². The van der Waals surface area contributed by atoms with Crippen molar-refractivity contribution in [2.24, 2.45) is 0 Å². The molecule has 2 aromatic rings. The van der Waals surface area contributed by atoms with Gasteiger partial charge < -0.3 is 16.0 Å². The van der Waals surface area contributed by atoms with E-state index in [1.807, 2.05) is 19.0 Å². The molecule has 2 aromatic carbocycles. The van der Waals surface area contributed by atoms with Gasteiger partial charge in [-0.25, -0.2) is 4.39 Å². The quantitative estimate of drug-likeness (QED) is 0.855. The molecule has 0 radical (unpaired) electrons. The molecule has 0 aliphatic rings. The van der Waals surface area contributed by atoms with Crippen molar-refractivity contribution in [2.45, 2.75) is 0 Å². The summed E-state index contributed by atoms with van der Waals surface area (Å²) in [6.07, 6.45) is 0. The van der Waals surface area contributed by atoms with Gasteiger partial charge in [0.2, 0.25) is 0 Å². The molecule has 21 heavy (non-hydrogen) atoms. The molecule has 0 heterocycles. The lowest BCUT2D eigenvalue weighted by molar-refractivity contribution is 0.102. The third-order valence-corrected chi connectivity index (χ3v) is 3.27. The van der Waals surface area contributed by atoms with Gasteiger partial charge >= 0.3 is 0 Å². The molecule has 0 unspecified atom stereocenters. The van der Waals surface area contributed by atoms with Crippen molar-refractivity contribution in [1.82, 2.24) is 0 Å². The van der Waals surface area contributed by atoms with Crippen LogP contribution in [0.4, 0.5) is 21.5 Å². The van der Waals surface area contributed by atoms with Gasteiger partial charge in [0.15, 0.2) is 0 Å². The molecular weight excluding hydrogens is 293 g/mol. The van der Waals surface area contributed by atoms with Crippen LogP contribution in [0.5, 0.6) is 0 Å². The molecule has 0 fully saturated rings. The number of hydrogen-bond donors (Lipinski definition) is 2. The zero-order valence-electron chi connectivity index (χ0n) is 11.7. The van der Waals surface area contributed by atoms with Crippen LogP contribution >= 0.6 is 11.6 Å². The summed E-state index contributed by atoms with van der Waals surface area (Å²) in [6.45, 7) is 0. The lowest BCUT2D eigenvalue weighted by atomic mass is 10.2. The number of nitrogens with one attached hydrogen (secondary N) is 1. The highest BCUT2D eigenvalue weighted by atomic mass is 35.5. The maximum Gasteiger partial charge on any atom is 0.255 e. The van der Waals surface area contributed by atoms with Crippen LogP contribution in [0.3, 0.4) is 0 Å². The molecule has 0 atom stereocenters. The number of carbonyl (C=O) groups is 1. The number of nitrogen functional groups attached to an aromatic ring is 1. The number of nitrogens with zero attached hydrogens (tertiary/aromatic N) is 1. The van der Waals surface area contributed by atoms with Crippen LogP contribution in [0, 0.1) is 5.82 Å². The van der Waals surface area contributed by atoms with E-state index in [-0.39, 0.29) is 5.91 Å². The number of amides is 1. The Morgan fingerprint density at radius 1 is 1.24 bits per heavy atom. The highest BCUT2D eigenvalue weighted by Crippen LogP contribution is 2.32. The van der Waals surface area contributed by atoms with Gasteiger partial charge in [-0.1, -0.05) is 11.6 Å². The maximum atomic E-state index is 12.9. The summed E-state index contributed by atoms with van der Waals surface area (Å²) < 4.78 is 12.9. The normalized spacial score (nSPS) is 10.3. The molecule has 3 N–H and O–H groups in total. The Bertz CT molecular complexity index is 671. The predicted molar refractivity (Wildman–Crippen MR) is 84.5 cm³/mol. The van der Waals surface area contributed by atoms with E-state index in [9.17, 15) is 9.18 Å². The highest BCUT2D eigenvalue weighted by molar-refractivity contribution is 6.34. The van der Waals surface area contributed by atoms with Crippen molar-refractivity contribution < 1.29 is 9.18 Å². The molecule has 4 nitrogen and oxygen atoms in total. The number of nitrogens with two attached hydrogens (primary N) is 1. The topological polar surface area (TPSA) is 58.4 Å². The molecule has 0 bridgehead atoms. The number of anilines is 3. The first-order valence-electron chi connectivity index (χ1n) is 6.21. The van der Waals surface area contributed by atoms with Crippen molar-refractivity contribution in [3.63, 3.8) is 0 Å². The van der Waals surface area contributed by atoms with Gasteiger partial charge in [0.25, 0.3) is 5.91 Å². The molecule has 0 aromatic heterocycles. The van der Waals surface area contributed by atoms with E-state index < -0.39 is 5.82 Å². The second-order valence-corrected chi connectivity index (χ2v) is 5.15. The molecule has 1 amide bonds. The summed E-state index contributed by atoms with van der Waals surface area (Å²) in [5.41, 5.74) is 7.92.